The van der Waals surface area contributed by atoms with Gasteiger partial charge in [0, 0.05) is 6.07 Å². The molecule has 1 aromatic carbocycles. The number of ether oxygens (including phenoxy) is 1. The Morgan fingerprint density at radius 2 is 2.00 bits per heavy atom. The lowest BCUT2D eigenvalue weighted by atomic mass is 10.1. The van der Waals surface area contributed by atoms with Crippen LogP contribution in [0.4, 0.5) is 13.2 Å². The van der Waals surface area contributed by atoms with Crippen molar-refractivity contribution >= 4 is 5.97 Å². The van der Waals surface area contributed by atoms with E-state index in [-0.39, 0.29) is 11.3 Å². The number of aromatic nitrogens is 1. The molecule has 0 unspecified atom stereocenters. The molecular weight excluding hydrogens is 267 g/mol. The number of carbonyl (C=O) groups is 1. The summed E-state index contributed by atoms with van der Waals surface area (Å²) >= 11 is 0. The van der Waals surface area contributed by atoms with Gasteiger partial charge in [-0.25, -0.2) is 4.79 Å². The van der Waals surface area contributed by atoms with Crippen molar-refractivity contribution in [1.82, 2.24) is 5.16 Å². The van der Waals surface area contributed by atoms with Gasteiger partial charge in [-0.15, -0.1) is 13.2 Å². The summed E-state index contributed by atoms with van der Waals surface area (Å²) in [6.07, 6.45) is -4.86. The molecule has 0 saturated carbocycles. The maximum absolute atomic E-state index is 12.2. The molecule has 2 rings (SSSR count). The van der Waals surface area contributed by atoms with Crippen molar-refractivity contribution in [3.8, 4) is 17.1 Å². The fraction of sp³-hybridized carbons (Fsp3) is 0.0909. The second-order valence-corrected chi connectivity index (χ2v) is 3.43. The van der Waals surface area contributed by atoms with Crippen LogP contribution in [-0.2, 0) is 0 Å². The van der Waals surface area contributed by atoms with Crippen LogP contribution in [-0.4, -0.2) is 22.6 Å². The Kier molecular flexibility index (Phi) is 3.16. The first-order valence-electron chi connectivity index (χ1n) is 4.92. The number of nitrogens with zero attached hydrogens (tertiary/aromatic N) is 1. The fourth-order valence-electron chi connectivity index (χ4n) is 1.39. The highest BCUT2D eigenvalue weighted by atomic mass is 19.4. The highest BCUT2D eigenvalue weighted by molar-refractivity contribution is 5.86. The van der Waals surface area contributed by atoms with Crippen LogP contribution in [0.25, 0.3) is 11.3 Å². The normalized spacial score (nSPS) is 11.3. The van der Waals surface area contributed by atoms with Crippen LogP contribution in [0.15, 0.2) is 34.9 Å². The SMILES string of the molecule is O=C(O)c1cc(-c2ccccc2OC(F)(F)F)on1. The highest BCUT2D eigenvalue weighted by Gasteiger charge is 2.32. The maximum atomic E-state index is 12.2. The maximum Gasteiger partial charge on any atom is 0.573 e. The molecule has 0 spiro atoms. The molecule has 1 aromatic heterocycles. The van der Waals surface area contributed by atoms with Gasteiger partial charge >= 0.3 is 12.3 Å². The van der Waals surface area contributed by atoms with Gasteiger partial charge in [0.2, 0.25) is 0 Å². The van der Waals surface area contributed by atoms with Gasteiger partial charge in [-0.05, 0) is 12.1 Å². The first-order chi connectivity index (χ1) is 8.87. The molecule has 0 radical (unpaired) electrons. The number of para-hydroxylation sites is 1. The van der Waals surface area contributed by atoms with E-state index in [0.29, 0.717) is 0 Å². The van der Waals surface area contributed by atoms with Gasteiger partial charge in [-0.3, -0.25) is 0 Å². The quantitative estimate of drug-likeness (QED) is 0.930. The molecule has 0 aliphatic rings. The summed E-state index contributed by atoms with van der Waals surface area (Å²) in [7, 11) is 0. The Morgan fingerprint density at radius 1 is 1.32 bits per heavy atom. The number of rotatable bonds is 3. The molecule has 0 fully saturated rings. The number of aromatic carboxylic acids is 1. The summed E-state index contributed by atoms with van der Waals surface area (Å²) in [4.78, 5) is 10.6. The minimum absolute atomic E-state index is 0.0418. The molecule has 0 amide bonds. The molecule has 1 N–H and O–H groups in total. The summed E-state index contributed by atoms with van der Waals surface area (Å²) in [6.45, 7) is 0. The molecule has 0 bridgehead atoms. The standard InChI is InChI=1S/C11H6F3NO4/c12-11(13,14)18-8-4-2-1-3-6(8)9-5-7(10(16)17)15-19-9/h1-5H,(H,16,17). The second-order valence-electron chi connectivity index (χ2n) is 3.43. The average molecular weight is 273 g/mol. The molecule has 0 saturated heterocycles. The summed E-state index contributed by atoms with van der Waals surface area (Å²) in [5.41, 5.74) is -0.448. The van der Waals surface area contributed by atoms with Crippen LogP contribution in [0.5, 0.6) is 5.75 Å². The zero-order chi connectivity index (χ0) is 14.0. The second kappa shape index (κ2) is 4.63. The van der Waals surface area contributed by atoms with Gasteiger partial charge in [-0.1, -0.05) is 17.3 Å². The Labute approximate surface area is 104 Å². The summed E-state index contributed by atoms with van der Waals surface area (Å²) < 4.78 is 45.1. The molecule has 0 atom stereocenters. The van der Waals surface area contributed by atoms with Crippen molar-refractivity contribution in [3.63, 3.8) is 0 Å². The third kappa shape index (κ3) is 3.03. The molecule has 100 valence electrons. The van der Waals surface area contributed by atoms with E-state index in [4.69, 9.17) is 5.11 Å². The van der Waals surface area contributed by atoms with Gasteiger partial charge in [0.25, 0.3) is 0 Å². The number of benzene rings is 1. The van der Waals surface area contributed by atoms with Crippen molar-refractivity contribution in [3.05, 3.63) is 36.0 Å². The number of hydrogen-bond donors (Lipinski definition) is 1. The van der Waals surface area contributed by atoms with E-state index < -0.39 is 23.8 Å². The van der Waals surface area contributed by atoms with Crippen molar-refractivity contribution < 1.29 is 32.3 Å². The minimum Gasteiger partial charge on any atom is -0.476 e. The zero-order valence-corrected chi connectivity index (χ0v) is 9.14. The molecule has 1 heterocycles. The van der Waals surface area contributed by atoms with Crippen LogP contribution < -0.4 is 4.74 Å². The summed E-state index contributed by atoms with van der Waals surface area (Å²) in [5, 5.41) is 11.9. The number of alkyl halides is 3. The molecule has 0 aliphatic heterocycles. The van der Waals surface area contributed by atoms with E-state index in [0.717, 1.165) is 12.1 Å². The van der Waals surface area contributed by atoms with Crippen molar-refractivity contribution in [1.29, 1.82) is 0 Å². The Balaban J connectivity index is 2.41. The van der Waals surface area contributed by atoms with E-state index in [1.54, 1.807) is 0 Å². The van der Waals surface area contributed by atoms with Crippen molar-refractivity contribution in [2.75, 3.05) is 0 Å². The lowest BCUT2D eigenvalue weighted by Crippen LogP contribution is -2.17. The smallest absolute Gasteiger partial charge is 0.476 e. The van der Waals surface area contributed by atoms with Crippen LogP contribution >= 0.6 is 0 Å². The van der Waals surface area contributed by atoms with Crippen molar-refractivity contribution in [2.45, 2.75) is 6.36 Å². The summed E-state index contributed by atoms with van der Waals surface area (Å²) in [6, 6.07) is 6.21. The van der Waals surface area contributed by atoms with Gasteiger partial charge in [0.05, 0.1) is 5.56 Å². The molecular formula is C11H6F3NO4. The third-order valence-electron chi connectivity index (χ3n) is 2.11. The first-order valence-corrected chi connectivity index (χ1v) is 4.92. The van der Waals surface area contributed by atoms with E-state index in [2.05, 4.69) is 14.4 Å². The molecule has 0 aliphatic carbocycles. The first kappa shape index (κ1) is 12.9. The van der Waals surface area contributed by atoms with Gasteiger partial charge in [0.15, 0.2) is 11.5 Å². The van der Waals surface area contributed by atoms with Crippen LogP contribution in [0.1, 0.15) is 10.5 Å². The lowest BCUT2D eigenvalue weighted by molar-refractivity contribution is -0.274. The van der Waals surface area contributed by atoms with Crippen LogP contribution in [0, 0.1) is 0 Å². The van der Waals surface area contributed by atoms with E-state index in [1.165, 1.54) is 18.2 Å². The molecule has 5 nitrogen and oxygen atoms in total. The zero-order valence-electron chi connectivity index (χ0n) is 9.14. The van der Waals surface area contributed by atoms with Crippen LogP contribution in [0.3, 0.4) is 0 Å². The van der Waals surface area contributed by atoms with Gasteiger partial charge in [-0.2, -0.15) is 0 Å². The third-order valence-corrected chi connectivity index (χ3v) is 2.11. The Hall–Kier alpha value is -2.51. The Bertz CT molecular complexity index is 606. The molecule has 8 heteroatoms. The van der Waals surface area contributed by atoms with Crippen LogP contribution in [0.2, 0.25) is 0 Å². The summed E-state index contributed by atoms with van der Waals surface area (Å²) in [5.74, 6) is -1.97. The molecule has 2 aromatic rings. The fourth-order valence-corrected chi connectivity index (χ4v) is 1.39. The largest absolute Gasteiger partial charge is 0.573 e. The highest BCUT2D eigenvalue weighted by Crippen LogP contribution is 2.33. The number of carboxylic acids is 1. The number of carboxylic acid groups (broad SMARTS) is 1. The topological polar surface area (TPSA) is 72.6 Å². The Morgan fingerprint density at radius 3 is 2.58 bits per heavy atom. The molecule has 19 heavy (non-hydrogen) atoms. The minimum atomic E-state index is -4.86. The predicted octanol–water partition coefficient (Wildman–Crippen LogP) is 2.94. The number of hydrogen-bond acceptors (Lipinski definition) is 4. The predicted molar refractivity (Wildman–Crippen MR) is 55.6 cm³/mol. The van der Waals surface area contributed by atoms with E-state index >= 15 is 0 Å². The lowest BCUT2D eigenvalue weighted by Gasteiger charge is -2.11. The average Bonchev–Trinajstić information content (AvgIpc) is 2.76. The van der Waals surface area contributed by atoms with Gasteiger partial charge in [0.1, 0.15) is 5.75 Å². The van der Waals surface area contributed by atoms with Gasteiger partial charge < -0.3 is 14.4 Å². The van der Waals surface area contributed by atoms with E-state index in [9.17, 15) is 18.0 Å². The van der Waals surface area contributed by atoms with E-state index in [1.807, 2.05) is 0 Å². The number of halogens is 3. The monoisotopic (exact) mass is 273 g/mol. The van der Waals surface area contributed by atoms with Crippen molar-refractivity contribution in [2.24, 2.45) is 0 Å².